The summed E-state index contributed by atoms with van der Waals surface area (Å²) in [6, 6.07) is 0. The Bertz CT molecular complexity index is 146. The molecule has 0 heterocycles. The Morgan fingerprint density at radius 2 is 2.14 bits per heavy atom. The summed E-state index contributed by atoms with van der Waals surface area (Å²) in [7, 11) is -3.12. The van der Waals surface area contributed by atoms with Crippen LogP contribution in [0.15, 0.2) is 0 Å². The van der Waals surface area contributed by atoms with Gasteiger partial charge in [0.25, 0.3) is 0 Å². The van der Waals surface area contributed by atoms with E-state index in [0.29, 0.717) is 5.55 Å². The summed E-state index contributed by atoms with van der Waals surface area (Å²) in [6.07, 6.45) is 0. The third-order valence-electron chi connectivity index (χ3n) is 0.582. The monoisotopic (exact) mass is 121 g/mol. The third kappa shape index (κ3) is 2.33. The first-order chi connectivity index (χ1) is 3.12. The van der Waals surface area contributed by atoms with Gasteiger partial charge in [-0.05, 0) is 0 Å². The van der Waals surface area contributed by atoms with Crippen LogP contribution in [0.3, 0.4) is 0 Å². The van der Waals surface area contributed by atoms with E-state index in [4.69, 9.17) is 5.41 Å². The van der Waals surface area contributed by atoms with Crippen molar-refractivity contribution in [3.05, 3.63) is 0 Å². The SMILES string of the molecule is CCS(=O)(=O)C=N. The fourth-order valence-electron chi connectivity index (χ4n) is 0.0833. The lowest BCUT2D eigenvalue weighted by Gasteiger charge is -1.82. The number of sulfone groups is 1. The average Bonchev–Trinajstić information content (AvgIpc) is 1.68. The second kappa shape index (κ2) is 2.07. The highest BCUT2D eigenvalue weighted by atomic mass is 32.2. The minimum atomic E-state index is -3.12. The molecule has 0 bridgehead atoms. The van der Waals surface area contributed by atoms with Crippen LogP contribution in [0.5, 0.6) is 0 Å². The van der Waals surface area contributed by atoms with E-state index in [-0.39, 0.29) is 5.75 Å². The lowest BCUT2D eigenvalue weighted by Crippen LogP contribution is -2.01. The van der Waals surface area contributed by atoms with Crippen LogP contribution in [0.25, 0.3) is 0 Å². The standard InChI is InChI=1S/C3H7NO2S/c1-2-7(5,6)3-4/h3-4H,2H2,1H3. The van der Waals surface area contributed by atoms with Gasteiger partial charge in [-0.15, -0.1) is 0 Å². The van der Waals surface area contributed by atoms with Gasteiger partial charge in [0.1, 0.15) is 5.55 Å². The number of nitrogens with one attached hydrogen (secondary N) is 1. The van der Waals surface area contributed by atoms with Crippen LogP contribution in [-0.4, -0.2) is 19.7 Å². The number of hydrogen-bond acceptors (Lipinski definition) is 3. The fourth-order valence-corrected chi connectivity index (χ4v) is 0.250. The Morgan fingerprint density at radius 1 is 1.71 bits per heavy atom. The smallest absolute Gasteiger partial charge is 0.187 e. The van der Waals surface area contributed by atoms with Gasteiger partial charge in [-0.3, -0.25) is 5.41 Å². The van der Waals surface area contributed by atoms with Crippen LogP contribution in [-0.2, 0) is 9.84 Å². The minimum absolute atomic E-state index is 0.0243. The summed E-state index contributed by atoms with van der Waals surface area (Å²) in [5.74, 6) is 0.0243. The molecule has 0 aromatic rings. The quantitative estimate of drug-likeness (QED) is 0.414. The molecule has 0 aromatic carbocycles. The molecule has 0 aliphatic rings. The Hall–Kier alpha value is -0.380. The van der Waals surface area contributed by atoms with Crippen LogP contribution in [0.4, 0.5) is 0 Å². The fraction of sp³-hybridized carbons (Fsp3) is 0.667. The molecule has 0 atom stereocenters. The van der Waals surface area contributed by atoms with E-state index in [1.165, 1.54) is 6.92 Å². The van der Waals surface area contributed by atoms with E-state index in [2.05, 4.69) is 0 Å². The van der Waals surface area contributed by atoms with Crippen LogP contribution < -0.4 is 0 Å². The maximum atomic E-state index is 10.1. The zero-order chi connectivity index (χ0) is 5.91. The molecule has 0 fully saturated rings. The molecule has 0 aromatic heterocycles. The summed E-state index contributed by atoms with van der Waals surface area (Å²) >= 11 is 0. The van der Waals surface area contributed by atoms with Gasteiger partial charge >= 0.3 is 0 Å². The van der Waals surface area contributed by atoms with Crippen LogP contribution >= 0.6 is 0 Å². The van der Waals surface area contributed by atoms with Crippen molar-refractivity contribution in [3.8, 4) is 0 Å². The van der Waals surface area contributed by atoms with Crippen LogP contribution in [0.1, 0.15) is 6.92 Å². The highest BCUT2D eigenvalue weighted by Crippen LogP contribution is 1.78. The van der Waals surface area contributed by atoms with Crippen molar-refractivity contribution in [1.82, 2.24) is 0 Å². The van der Waals surface area contributed by atoms with Gasteiger partial charge in [0.2, 0.25) is 0 Å². The molecule has 0 aliphatic carbocycles. The van der Waals surface area contributed by atoms with Gasteiger partial charge in [0, 0.05) is 0 Å². The molecule has 0 unspecified atom stereocenters. The molecule has 0 saturated carbocycles. The third-order valence-corrected chi connectivity index (χ3v) is 1.75. The van der Waals surface area contributed by atoms with Gasteiger partial charge in [-0.2, -0.15) is 0 Å². The zero-order valence-corrected chi connectivity index (χ0v) is 4.83. The topological polar surface area (TPSA) is 58.0 Å². The molecule has 0 spiro atoms. The molecular formula is C3H7NO2S. The zero-order valence-electron chi connectivity index (χ0n) is 4.01. The largest absolute Gasteiger partial charge is 0.297 e. The second-order valence-corrected chi connectivity index (χ2v) is 3.21. The lowest BCUT2D eigenvalue weighted by molar-refractivity contribution is 0.609. The second-order valence-electron chi connectivity index (χ2n) is 1.07. The Balaban J connectivity index is 4.17. The van der Waals surface area contributed by atoms with Gasteiger partial charge in [-0.1, -0.05) is 6.92 Å². The molecule has 7 heavy (non-hydrogen) atoms. The molecule has 0 aliphatic heterocycles. The first-order valence-electron chi connectivity index (χ1n) is 1.85. The van der Waals surface area contributed by atoms with Crippen molar-refractivity contribution in [2.45, 2.75) is 6.92 Å². The normalized spacial score (nSPS) is 11.0. The first-order valence-corrected chi connectivity index (χ1v) is 3.57. The van der Waals surface area contributed by atoms with E-state index in [0.717, 1.165) is 0 Å². The Kier molecular flexibility index (Phi) is 1.95. The first kappa shape index (κ1) is 6.62. The van der Waals surface area contributed by atoms with Crippen molar-refractivity contribution in [2.75, 3.05) is 5.75 Å². The maximum Gasteiger partial charge on any atom is 0.187 e. The van der Waals surface area contributed by atoms with Crippen molar-refractivity contribution < 1.29 is 8.42 Å². The minimum Gasteiger partial charge on any atom is -0.297 e. The number of rotatable bonds is 2. The molecule has 0 amide bonds. The van der Waals surface area contributed by atoms with Gasteiger partial charge in [0.15, 0.2) is 9.84 Å². The van der Waals surface area contributed by atoms with Crippen LogP contribution in [0, 0.1) is 5.41 Å². The molecule has 0 rings (SSSR count). The van der Waals surface area contributed by atoms with Crippen LogP contribution in [0.2, 0.25) is 0 Å². The van der Waals surface area contributed by atoms with Crippen molar-refractivity contribution >= 4 is 15.4 Å². The molecular weight excluding hydrogens is 114 g/mol. The predicted octanol–water partition coefficient (Wildman–Crippen LogP) is 0.0282. The highest BCUT2D eigenvalue weighted by molar-refractivity contribution is 8.04. The molecule has 3 nitrogen and oxygen atoms in total. The predicted molar refractivity (Wildman–Crippen MR) is 28.2 cm³/mol. The Labute approximate surface area is 42.8 Å². The average molecular weight is 121 g/mol. The maximum absolute atomic E-state index is 10.1. The number of hydrogen-bond donors (Lipinski definition) is 1. The van der Waals surface area contributed by atoms with E-state index < -0.39 is 9.84 Å². The van der Waals surface area contributed by atoms with Crippen molar-refractivity contribution in [3.63, 3.8) is 0 Å². The van der Waals surface area contributed by atoms with E-state index in [9.17, 15) is 8.42 Å². The van der Waals surface area contributed by atoms with Gasteiger partial charge < -0.3 is 0 Å². The summed E-state index contributed by atoms with van der Waals surface area (Å²) in [6.45, 7) is 1.50. The lowest BCUT2D eigenvalue weighted by atomic mass is 11.0. The van der Waals surface area contributed by atoms with Gasteiger partial charge in [-0.25, -0.2) is 8.42 Å². The molecule has 4 heteroatoms. The van der Waals surface area contributed by atoms with E-state index >= 15 is 0 Å². The molecule has 0 saturated heterocycles. The van der Waals surface area contributed by atoms with Crippen molar-refractivity contribution in [1.29, 1.82) is 5.41 Å². The molecule has 0 radical (unpaired) electrons. The summed E-state index contributed by atoms with van der Waals surface area (Å²) < 4.78 is 20.2. The Morgan fingerprint density at radius 3 is 2.14 bits per heavy atom. The summed E-state index contributed by atoms with van der Waals surface area (Å²) in [5, 5.41) is 6.29. The van der Waals surface area contributed by atoms with E-state index in [1.54, 1.807) is 0 Å². The van der Waals surface area contributed by atoms with Crippen molar-refractivity contribution in [2.24, 2.45) is 0 Å². The molecule has 42 valence electrons. The summed E-state index contributed by atoms with van der Waals surface area (Å²) in [4.78, 5) is 0. The highest BCUT2D eigenvalue weighted by Gasteiger charge is 1.97. The summed E-state index contributed by atoms with van der Waals surface area (Å²) in [5.41, 5.74) is 0.465. The van der Waals surface area contributed by atoms with E-state index in [1.807, 2.05) is 0 Å². The van der Waals surface area contributed by atoms with Gasteiger partial charge in [0.05, 0.1) is 5.75 Å². The molecule has 1 N–H and O–H groups in total.